The molecule has 1 unspecified atom stereocenters. The summed E-state index contributed by atoms with van der Waals surface area (Å²) >= 11 is 0. The third kappa shape index (κ3) is 4.32. The van der Waals surface area contributed by atoms with Crippen LogP contribution in [0.1, 0.15) is 35.3 Å². The number of imidazole rings is 1. The molecule has 2 aromatic heterocycles. The molecule has 0 spiro atoms. The van der Waals surface area contributed by atoms with E-state index in [4.69, 9.17) is 9.47 Å². The average Bonchev–Trinajstić information content (AvgIpc) is 3.44. The fourth-order valence-electron chi connectivity index (χ4n) is 3.88. The molecular weight excluding hydrogens is 418 g/mol. The van der Waals surface area contributed by atoms with E-state index in [0.717, 1.165) is 23.2 Å². The fourth-order valence-corrected chi connectivity index (χ4v) is 3.88. The molecule has 2 aromatic carbocycles. The summed E-state index contributed by atoms with van der Waals surface area (Å²) in [5, 5.41) is 7.64. The monoisotopic (exact) mass is 443 g/mol. The average molecular weight is 444 g/mol. The Kier molecular flexibility index (Phi) is 5.56. The first-order chi connectivity index (χ1) is 16.1. The highest BCUT2D eigenvalue weighted by Crippen LogP contribution is 2.35. The van der Waals surface area contributed by atoms with Crippen LogP contribution >= 0.6 is 0 Å². The van der Waals surface area contributed by atoms with Crippen molar-refractivity contribution in [1.82, 2.24) is 24.6 Å². The number of amides is 1. The summed E-state index contributed by atoms with van der Waals surface area (Å²) < 4.78 is 15.1. The van der Waals surface area contributed by atoms with E-state index in [1.54, 1.807) is 23.4 Å². The summed E-state index contributed by atoms with van der Waals surface area (Å²) in [6.07, 6.45) is 7.96. The Morgan fingerprint density at radius 1 is 1.09 bits per heavy atom. The number of aryl methyl sites for hydroxylation is 1. The van der Waals surface area contributed by atoms with Crippen LogP contribution in [-0.4, -0.2) is 38.5 Å². The lowest BCUT2D eigenvalue weighted by atomic mass is 10.0. The Labute approximate surface area is 191 Å². The molecule has 1 atom stereocenters. The molecule has 168 valence electrons. The topological polar surface area (TPSA) is 83.2 Å². The molecule has 1 aliphatic heterocycles. The van der Waals surface area contributed by atoms with Crippen molar-refractivity contribution < 1.29 is 14.3 Å². The molecule has 5 rings (SSSR count). The first kappa shape index (κ1) is 20.8. The predicted octanol–water partition coefficient (Wildman–Crippen LogP) is 3.93. The second kappa shape index (κ2) is 8.82. The zero-order chi connectivity index (χ0) is 22.8. The van der Waals surface area contributed by atoms with Gasteiger partial charge in [-0.05, 0) is 42.8 Å². The van der Waals surface area contributed by atoms with E-state index < -0.39 is 0 Å². The molecule has 1 N–H and O–H groups in total. The molecule has 0 aliphatic carbocycles. The van der Waals surface area contributed by atoms with Gasteiger partial charge in [0.2, 0.25) is 0 Å². The zero-order valence-electron chi connectivity index (χ0n) is 18.6. The summed E-state index contributed by atoms with van der Waals surface area (Å²) in [6.45, 7) is 3.20. The SMILES string of the molecule is CC(NC(=O)c1cn(C)nc1-c1ccc2c(c1)OCCCO2)c1ccc(-n2ccnc2)cc1. The number of fused-ring (bicyclic) bond motifs is 1. The van der Waals surface area contributed by atoms with Gasteiger partial charge in [0.1, 0.15) is 5.69 Å². The van der Waals surface area contributed by atoms with E-state index in [1.807, 2.05) is 67.2 Å². The minimum atomic E-state index is -0.184. The van der Waals surface area contributed by atoms with E-state index >= 15 is 0 Å². The Hall–Kier alpha value is -4.07. The van der Waals surface area contributed by atoms with Crippen LogP contribution in [-0.2, 0) is 7.05 Å². The van der Waals surface area contributed by atoms with Crippen molar-refractivity contribution in [2.75, 3.05) is 13.2 Å². The maximum absolute atomic E-state index is 13.2. The van der Waals surface area contributed by atoms with Gasteiger partial charge in [-0.1, -0.05) is 12.1 Å². The van der Waals surface area contributed by atoms with Gasteiger partial charge in [-0.15, -0.1) is 0 Å². The molecule has 0 saturated heterocycles. The van der Waals surface area contributed by atoms with Gasteiger partial charge in [-0.3, -0.25) is 9.48 Å². The smallest absolute Gasteiger partial charge is 0.255 e. The number of nitrogens with one attached hydrogen (secondary N) is 1. The van der Waals surface area contributed by atoms with Crippen LogP contribution in [0, 0.1) is 0 Å². The molecule has 0 radical (unpaired) electrons. The van der Waals surface area contributed by atoms with Crippen molar-refractivity contribution in [3.63, 3.8) is 0 Å². The summed E-state index contributed by atoms with van der Waals surface area (Å²) in [5.74, 6) is 1.20. The third-order valence-electron chi connectivity index (χ3n) is 5.64. The van der Waals surface area contributed by atoms with Crippen molar-refractivity contribution in [2.45, 2.75) is 19.4 Å². The quantitative estimate of drug-likeness (QED) is 0.505. The van der Waals surface area contributed by atoms with Gasteiger partial charge in [0, 0.05) is 43.3 Å². The molecule has 0 fully saturated rings. The molecule has 8 heteroatoms. The number of benzene rings is 2. The summed E-state index contributed by atoms with van der Waals surface area (Å²) in [7, 11) is 1.81. The van der Waals surface area contributed by atoms with Crippen molar-refractivity contribution in [1.29, 1.82) is 0 Å². The number of hydrogen-bond donors (Lipinski definition) is 1. The van der Waals surface area contributed by atoms with Gasteiger partial charge in [-0.2, -0.15) is 5.10 Å². The Balaban J connectivity index is 1.36. The molecule has 1 amide bonds. The minimum Gasteiger partial charge on any atom is -0.490 e. The summed E-state index contributed by atoms with van der Waals surface area (Å²) in [5.41, 5.74) is 3.94. The molecule has 33 heavy (non-hydrogen) atoms. The molecule has 4 aromatic rings. The maximum Gasteiger partial charge on any atom is 0.255 e. The number of rotatable bonds is 5. The molecular formula is C25H25N5O3. The van der Waals surface area contributed by atoms with Crippen LogP contribution in [0.25, 0.3) is 16.9 Å². The number of hydrogen-bond acceptors (Lipinski definition) is 5. The van der Waals surface area contributed by atoms with Gasteiger partial charge >= 0.3 is 0 Å². The number of carbonyl (C=O) groups excluding carboxylic acids is 1. The number of aromatic nitrogens is 4. The lowest BCUT2D eigenvalue weighted by molar-refractivity contribution is 0.0940. The van der Waals surface area contributed by atoms with Crippen LogP contribution in [0.2, 0.25) is 0 Å². The molecule has 8 nitrogen and oxygen atoms in total. The van der Waals surface area contributed by atoms with Crippen molar-refractivity contribution >= 4 is 5.91 Å². The van der Waals surface area contributed by atoms with E-state index in [1.165, 1.54) is 0 Å². The first-order valence-corrected chi connectivity index (χ1v) is 10.9. The van der Waals surface area contributed by atoms with Gasteiger partial charge in [-0.25, -0.2) is 4.98 Å². The molecule has 1 aliphatic rings. The highest BCUT2D eigenvalue weighted by Gasteiger charge is 2.21. The van der Waals surface area contributed by atoms with Crippen molar-refractivity contribution in [2.24, 2.45) is 7.05 Å². The second-order valence-corrected chi connectivity index (χ2v) is 8.03. The lowest BCUT2D eigenvalue weighted by Gasteiger charge is -2.15. The maximum atomic E-state index is 13.2. The van der Waals surface area contributed by atoms with Gasteiger partial charge < -0.3 is 19.4 Å². The van der Waals surface area contributed by atoms with Crippen LogP contribution in [0.15, 0.2) is 67.4 Å². The predicted molar refractivity (Wildman–Crippen MR) is 124 cm³/mol. The van der Waals surface area contributed by atoms with Crippen LogP contribution in [0.5, 0.6) is 11.5 Å². The van der Waals surface area contributed by atoms with Gasteiger partial charge in [0.15, 0.2) is 11.5 Å². The fraction of sp³-hybridized carbons (Fsp3) is 0.240. The lowest BCUT2D eigenvalue weighted by Crippen LogP contribution is -2.26. The second-order valence-electron chi connectivity index (χ2n) is 8.03. The largest absolute Gasteiger partial charge is 0.490 e. The van der Waals surface area contributed by atoms with E-state index in [9.17, 15) is 4.79 Å². The van der Waals surface area contributed by atoms with Crippen LogP contribution in [0.3, 0.4) is 0 Å². The van der Waals surface area contributed by atoms with E-state index in [2.05, 4.69) is 15.4 Å². The van der Waals surface area contributed by atoms with Gasteiger partial charge in [0.05, 0.1) is 31.1 Å². The Morgan fingerprint density at radius 3 is 2.64 bits per heavy atom. The van der Waals surface area contributed by atoms with E-state index in [0.29, 0.717) is 36.0 Å². The summed E-state index contributed by atoms with van der Waals surface area (Å²) in [4.78, 5) is 17.3. The molecule has 3 heterocycles. The standard InChI is InChI=1S/C25H25N5O3/c1-17(18-4-7-20(8-5-18)30-11-10-26-16-30)27-25(31)21-15-29(2)28-24(21)19-6-9-22-23(14-19)33-13-3-12-32-22/h4-11,14-17H,3,12-13H2,1-2H3,(H,27,31). The Bertz CT molecular complexity index is 1260. The number of ether oxygens (including phenoxy) is 2. The number of nitrogens with zero attached hydrogens (tertiary/aromatic N) is 4. The highest BCUT2D eigenvalue weighted by atomic mass is 16.5. The zero-order valence-corrected chi connectivity index (χ0v) is 18.6. The van der Waals surface area contributed by atoms with Crippen LogP contribution in [0.4, 0.5) is 0 Å². The summed E-state index contributed by atoms with van der Waals surface area (Å²) in [6, 6.07) is 13.5. The third-order valence-corrected chi connectivity index (χ3v) is 5.64. The van der Waals surface area contributed by atoms with Crippen molar-refractivity contribution in [3.05, 3.63) is 78.5 Å². The van der Waals surface area contributed by atoms with Crippen LogP contribution < -0.4 is 14.8 Å². The minimum absolute atomic E-state index is 0.175. The molecule has 0 bridgehead atoms. The highest BCUT2D eigenvalue weighted by molar-refractivity contribution is 6.00. The van der Waals surface area contributed by atoms with E-state index in [-0.39, 0.29) is 11.9 Å². The Morgan fingerprint density at radius 2 is 1.88 bits per heavy atom. The normalized spacial score (nSPS) is 13.9. The van der Waals surface area contributed by atoms with Crippen molar-refractivity contribution in [3.8, 4) is 28.4 Å². The van der Waals surface area contributed by atoms with Gasteiger partial charge in [0.25, 0.3) is 5.91 Å². The first-order valence-electron chi connectivity index (χ1n) is 10.9. The molecule has 0 saturated carbocycles. The number of carbonyl (C=O) groups is 1.